The topological polar surface area (TPSA) is 105 Å². The van der Waals surface area contributed by atoms with Gasteiger partial charge in [0.2, 0.25) is 15.9 Å². The highest BCUT2D eigenvalue weighted by Gasteiger charge is 2.40. The van der Waals surface area contributed by atoms with Crippen molar-refractivity contribution in [2.24, 2.45) is 0 Å². The zero-order valence-corrected chi connectivity index (χ0v) is 18.1. The second kappa shape index (κ2) is 8.68. The first-order chi connectivity index (χ1) is 14.9. The molecule has 2 amide bonds. The van der Waals surface area contributed by atoms with Crippen molar-refractivity contribution in [3.05, 3.63) is 53.6 Å². The molecule has 2 aromatic carbocycles. The number of carbonyl (C=O) groups excluding carboxylic acids is 2. The second-order valence-electron chi connectivity index (χ2n) is 7.75. The van der Waals surface area contributed by atoms with Gasteiger partial charge in [0.15, 0.2) is 6.61 Å². The van der Waals surface area contributed by atoms with Crippen molar-refractivity contribution in [2.75, 3.05) is 25.0 Å². The van der Waals surface area contributed by atoms with E-state index in [0.717, 1.165) is 5.56 Å². The Hall–Kier alpha value is -2.91. The van der Waals surface area contributed by atoms with Gasteiger partial charge >= 0.3 is 0 Å². The zero-order chi connectivity index (χ0) is 22.0. The number of amides is 2. The molecule has 9 heteroatoms. The van der Waals surface area contributed by atoms with Gasteiger partial charge in [-0.05, 0) is 43.4 Å². The third kappa shape index (κ3) is 4.42. The summed E-state index contributed by atoms with van der Waals surface area (Å²) in [7, 11) is -3.91. The zero-order valence-electron chi connectivity index (χ0n) is 17.3. The first-order valence-electron chi connectivity index (χ1n) is 10.3. The monoisotopic (exact) mass is 443 g/mol. The highest BCUT2D eigenvalue weighted by Crippen LogP contribution is 2.35. The molecule has 2 N–H and O–H groups in total. The molecule has 2 heterocycles. The summed E-state index contributed by atoms with van der Waals surface area (Å²) in [4.78, 5) is 24.4. The van der Waals surface area contributed by atoms with Crippen molar-refractivity contribution < 1.29 is 22.7 Å². The van der Waals surface area contributed by atoms with E-state index in [2.05, 4.69) is 10.6 Å². The number of nitrogens with one attached hydrogen (secondary N) is 2. The Balaban J connectivity index is 1.49. The van der Waals surface area contributed by atoms with Crippen LogP contribution in [0, 0.1) is 6.92 Å². The standard InChI is InChI=1S/C22H25N3O5S/c1-15-12-17-19(30-14-21(26)24-17)13-20(15)31(28,29)25-11-5-8-18(25)22(27)23-10-9-16-6-3-2-4-7-16/h2-4,6-7,12-13,18H,5,8-11,14H2,1H3,(H,23,27)(H,24,26). The molecule has 0 bridgehead atoms. The third-order valence-electron chi connectivity index (χ3n) is 5.56. The van der Waals surface area contributed by atoms with Crippen molar-refractivity contribution in [3.8, 4) is 5.75 Å². The predicted octanol–water partition coefficient (Wildman–Crippen LogP) is 1.84. The number of benzene rings is 2. The molecule has 0 aliphatic carbocycles. The lowest BCUT2D eigenvalue weighted by Gasteiger charge is -2.26. The van der Waals surface area contributed by atoms with E-state index in [4.69, 9.17) is 4.74 Å². The minimum Gasteiger partial charge on any atom is -0.482 e. The van der Waals surface area contributed by atoms with Gasteiger partial charge in [0.25, 0.3) is 5.91 Å². The van der Waals surface area contributed by atoms with Crippen molar-refractivity contribution in [3.63, 3.8) is 0 Å². The van der Waals surface area contributed by atoms with Gasteiger partial charge in [0.1, 0.15) is 11.8 Å². The summed E-state index contributed by atoms with van der Waals surface area (Å²) >= 11 is 0. The van der Waals surface area contributed by atoms with Crippen LogP contribution < -0.4 is 15.4 Å². The molecule has 4 rings (SSSR count). The largest absolute Gasteiger partial charge is 0.482 e. The van der Waals surface area contributed by atoms with E-state index in [1.165, 1.54) is 10.4 Å². The van der Waals surface area contributed by atoms with Crippen molar-refractivity contribution in [1.29, 1.82) is 0 Å². The average molecular weight is 444 g/mol. The van der Waals surface area contributed by atoms with Gasteiger partial charge in [-0.3, -0.25) is 9.59 Å². The van der Waals surface area contributed by atoms with E-state index in [9.17, 15) is 18.0 Å². The van der Waals surface area contributed by atoms with Crippen LogP contribution in [0.15, 0.2) is 47.4 Å². The van der Waals surface area contributed by atoms with Crippen LogP contribution in [-0.2, 0) is 26.0 Å². The van der Waals surface area contributed by atoms with Crippen LogP contribution in [0.5, 0.6) is 5.75 Å². The Morgan fingerprint density at radius 2 is 2.03 bits per heavy atom. The molecule has 0 spiro atoms. The highest BCUT2D eigenvalue weighted by atomic mass is 32.2. The summed E-state index contributed by atoms with van der Waals surface area (Å²) in [6.45, 7) is 2.23. The fourth-order valence-electron chi connectivity index (χ4n) is 4.00. The maximum atomic E-state index is 13.4. The lowest BCUT2D eigenvalue weighted by atomic mass is 10.1. The van der Waals surface area contributed by atoms with E-state index < -0.39 is 16.1 Å². The molecule has 1 fully saturated rings. The Labute approximate surface area is 181 Å². The van der Waals surface area contributed by atoms with E-state index in [0.29, 0.717) is 42.8 Å². The van der Waals surface area contributed by atoms with Gasteiger partial charge < -0.3 is 15.4 Å². The Morgan fingerprint density at radius 1 is 1.26 bits per heavy atom. The van der Waals surface area contributed by atoms with Gasteiger partial charge in [0.05, 0.1) is 10.6 Å². The first-order valence-corrected chi connectivity index (χ1v) is 11.7. The van der Waals surface area contributed by atoms with Crippen molar-refractivity contribution in [1.82, 2.24) is 9.62 Å². The number of rotatable bonds is 6. The summed E-state index contributed by atoms with van der Waals surface area (Å²) in [5, 5.41) is 5.55. The molecule has 8 nitrogen and oxygen atoms in total. The summed E-state index contributed by atoms with van der Waals surface area (Å²) in [5.41, 5.74) is 2.04. The molecule has 2 aromatic rings. The van der Waals surface area contributed by atoms with Crippen molar-refractivity contribution in [2.45, 2.75) is 37.1 Å². The fraction of sp³-hybridized carbons (Fsp3) is 0.364. The average Bonchev–Trinajstić information content (AvgIpc) is 3.25. The Bertz CT molecular complexity index is 1100. The number of fused-ring (bicyclic) bond motifs is 1. The van der Waals surface area contributed by atoms with E-state index >= 15 is 0 Å². The summed E-state index contributed by atoms with van der Waals surface area (Å²) in [6, 6.07) is 12.1. The van der Waals surface area contributed by atoms with Crippen LogP contribution in [0.4, 0.5) is 5.69 Å². The van der Waals surface area contributed by atoms with E-state index in [1.54, 1.807) is 13.0 Å². The molecule has 164 valence electrons. The highest BCUT2D eigenvalue weighted by molar-refractivity contribution is 7.89. The van der Waals surface area contributed by atoms with Crippen molar-refractivity contribution >= 4 is 27.5 Å². The summed E-state index contributed by atoms with van der Waals surface area (Å²) < 4.78 is 33.5. The number of aryl methyl sites for hydroxylation is 1. The smallest absolute Gasteiger partial charge is 0.262 e. The molecule has 2 aliphatic heterocycles. The molecule has 1 unspecified atom stereocenters. The minimum atomic E-state index is -3.91. The second-order valence-corrected chi connectivity index (χ2v) is 9.61. The number of hydrogen-bond acceptors (Lipinski definition) is 5. The minimum absolute atomic E-state index is 0.0892. The SMILES string of the molecule is Cc1cc2c(cc1S(=O)(=O)N1CCCC1C(=O)NCCc1ccccc1)OCC(=O)N2. The molecule has 1 saturated heterocycles. The van der Waals surface area contributed by atoms with Gasteiger partial charge in [-0.15, -0.1) is 0 Å². The molecule has 1 atom stereocenters. The third-order valence-corrected chi connectivity index (χ3v) is 7.61. The van der Waals surface area contributed by atoms with Crippen LogP contribution in [0.3, 0.4) is 0 Å². The van der Waals surface area contributed by atoms with Gasteiger partial charge in [-0.25, -0.2) is 8.42 Å². The van der Waals surface area contributed by atoms with Crippen LogP contribution in [0.25, 0.3) is 0 Å². The lowest BCUT2D eigenvalue weighted by molar-refractivity contribution is -0.124. The van der Waals surface area contributed by atoms with Crippen LogP contribution in [-0.4, -0.2) is 50.3 Å². The number of ether oxygens (including phenoxy) is 1. The quantitative estimate of drug-likeness (QED) is 0.709. The molecule has 2 aliphatic rings. The predicted molar refractivity (Wildman–Crippen MR) is 115 cm³/mol. The van der Waals surface area contributed by atoms with Gasteiger partial charge in [0, 0.05) is 19.2 Å². The Kier molecular flexibility index (Phi) is 5.97. The number of sulfonamides is 1. The van der Waals surface area contributed by atoms with Gasteiger partial charge in [-0.1, -0.05) is 30.3 Å². The Morgan fingerprint density at radius 3 is 2.81 bits per heavy atom. The van der Waals surface area contributed by atoms with Crippen LogP contribution >= 0.6 is 0 Å². The number of carbonyl (C=O) groups is 2. The van der Waals surface area contributed by atoms with Crippen LogP contribution in [0.1, 0.15) is 24.0 Å². The fourth-order valence-corrected chi connectivity index (χ4v) is 5.88. The van der Waals surface area contributed by atoms with E-state index in [-0.39, 0.29) is 29.9 Å². The maximum Gasteiger partial charge on any atom is 0.262 e. The molecular weight excluding hydrogens is 418 g/mol. The molecular formula is C22H25N3O5S. The number of anilines is 1. The molecule has 0 aromatic heterocycles. The molecule has 0 radical (unpaired) electrons. The number of hydrogen-bond donors (Lipinski definition) is 2. The van der Waals surface area contributed by atoms with Gasteiger partial charge in [-0.2, -0.15) is 4.31 Å². The first kappa shape index (κ1) is 21.3. The van der Waals surface area contributed by atoms with E-state index in [1.807, 2.05) is 30.3 Å². The number of nitrogens with zero attached hydrogens (tertiary/aromatic N) is 1. The van der Waals surface area contributed by atoms with Crippen LogP contribution in [0.2, 0.25) is 0 Å². The normalized spacial score (nSPS) is 18.7. The molecule has 31 heavy (non-hydrogen) atoms. The lowest BCUT2D eigenvalue weighted by Crippen LogP contribution is -2.46. The maximum absolute atomic E-state index is 13.4. The molecule has 0 saturated carbocycles. The summed E-state index contributed by atoms with van der Waals surface area (Å²) in [6.07, 6.45) is 1.78. The summed E-state index contributed by atoms with van der Waals surface area (Å²) in [5.74, 6) is -0.253.